The molecule has 0 aromatic carbocycles. The van der Waals surface area contributed by atoms with E-state index >= 15 is 0 Å². The third kappa shape index (κ3) is 7.05. The topological polar surface area (TPSA) is 126 Å². The summed E-state index contributed by atoms with van der Waals surface area (Å²) in [6.07, 6.45) is 3.65. The van der Waals surface area contributed by atoms with Gasteiger partial charge >= 0.3 is 0 Å². The number of hydrogen-bond donors (Lipinski definition) is 3. The Morgan fingerprint density at radius 1 is 1.09 bits per heavy atom. The van der Waals surface area contributed by atoms with Gasteiger partial charge in [0.1, 0.15) is 5.69 Å². The average molecular weight is 622 g/mol. The number of nitrogens with zero attached hydrogens (tertiary/aromatic N) is 5. The minimum absolute atomic E-state index is 0.0748. The normalized spacial score (nSPS) is 20.3. The number of amides is 2. The highest BCUT2D eigenvalue weighted by Gasteiger charge is 2.46. The lowest BCUT2D eigenvalue weighted by Gasteiger charge is -2.35. The molecule has 3 heterocycles. The zero-order chi connectivity index (χ0) is 32.0. The van der Waals surface area contributed by atoms with Gasteiger partial charge in [0.2, 0.25) is 17.8 Å². The van der Waals surface area contributed by atoms with Crippen LogP contribution in [0.4, 0.5) is 17.6 Å². The summed E-state index contributed by atoms with van der Waals surface area (Å²) in [5.41, 5.74) is 0.131. The Morgan fingerprint density at radius 2 is 1.77 bits per heavy atom. The van der Waals surface area contributed by atoms with E-state index in [1.165, 1.54) is 30.8 Å². The molecule has 0 radical (unpaired) electrons. The summed E-state index contributed by atoms with van der Waals surface area (Å²) in [7, 11) is 0. The van der Waals surface area contributed by atoms with Crippen molar-refractivity contribution in [1.29, 1.82) is 0 Å². The lowest BCUT2D eigenvalue weighted by molar-refractivity contribution is -0.135. The van der Waals surface area contributed by atoms with E-state index in [1.807, 2.05) is 13.8 Å². The Labute approximate surface area is 252 Å². The standard InChI is InChI=1S/C30H39F4N7O3/c1-17(2)41-22(7-10-35-41)27(43)39-25(19-5-8-29(31,32)9-6-19)21-16-40-23(37-21)12-20(15-36-40)26(28(3,4)44)38-24(42)11-18-13-30(33,34)14-18/h7,10,12,15-19,25-26,44H,5-6,8-9,11,13-14H2,1-4H3,(H,38,42)(H,39,43)/t25-,26-/m0/s1. The summed E-state index contributed by atoms with van der Waals surface area (Å²) in [5.74, 6) is -7.08. The molecular weight excluding hydrogens is 582 g/mol. The first-order valence-corrected chi connectivity index (χ1v) is 15.0. The average Bonchev–Trinajstić information content (AvgIpc) is 3.56. The molecule has 240 valence electrons. The second-order valence-electron chi connectivity index (χ2n) is 13.1. The quantitative estimate of drug-likeness (QED) is 0.268. The van der Waals surface area contributed by atoms with Crippen LogP contribution in [0, 0.1) is 11.8 Å². The number of carbonyl (C=O) groups is 2. The minimum Gasteiger partial charge on any atom is -0.388 e. The Hall–Kier alpha value is -3.55. The molecule has 0 saturated heterocycles. The number of rotatable bonds is 10. The predicted octanol–water partition coefficient (Wildman–Crippen LogP) is 5.17. The largest absolute Gasteiger partial charge is 0.388 e. The van der Waals surface area contributed by atoms with Gasteiger partial charge in [-0.2, -0.15) is 10.2 Å². The van der Waals surface area contributed by atoms with Gasteiger partial charge in [0.25, 0.3) is 5.91 Å². The molecule has 2 aliphatic rings. The van der Waals surface area contributed by atoms with Crippen molar-refractivity contribution in [2.24, 2.45) is 11.8 Å². The third-order valence-corrected chi connectivity index (χ3v) is 8.58. The molecule has 2 aliphatic carbocycles. The number of aromatic nitrogens is 5. The van der Waals surface area contributed by atoms with Crippen LogP contribution >= 0.6 is 0 Å². The SMILES string of the molecule is CC(C)n1nccc1C(=O)N[C@H](c1cn2ncc([C@H](NC(=O)CC3CC(F)(F)C3)C(C)(C)O)cc2n1)C1CCC(F)(F)CC1. The number of aliphatic hydroxyl groups is 1. The van der Waals surface area contributed by atoms with E-state index in [0.717, 1.165) is 0 Å². The van der Waals surface area contributed by atoms with E-state index < -0.39 is 47.3 Å². The number of carbonyl (C=O) groups excluding carboxylic acids is 2. The minimum atomic E-state index is -2.76. The summed E-state index contributed by atoms with van der Waals surface area (Å²) in [5, 5.41) is 25.3. The smallest absolute Gasteiger partial charge is 0.270 e. The molecule has 10 nitrogen and oxygen atoms in total. The maximum atomic E-state index is 14.1. The number of fused-ring (bicyclic) bond motifs is 1. The van der Waals surface area contributed by atoms with E-state index in [4.69, 9.17) is 4.98 Å². The third-order valence-electron chi connectivity index (χ3n) is 8.58. The maximum absolute atomic E-state index is 14.1. The van der Waals surface area contributed by atoms with Crippen LogP contribution in [0.1, 0.15) is 113 Å². The fourth-order valence-corrected chi connectivity index (χ4v) is 6.25. The molecule has 14 heteroatoms. The van der Waals surface area contributed by atoms with E-state index in [0.29, 0.717) is 22.6 Å². The van der Waals surface area contributed by atoms with E-state index in [-0.39, 0.29) is 56.9 Å². The summed E-state index contributed by atoms with van der Waals surface area (Å²) in [6, 6.07) is 1.55. The monoisotopic (exact) mass is 621 g/mol. The number of alkyl halides is 4. The van der Waals surface area contributed by atoms with E-state index in [1.54, 1.807) is 23.0 Å². The van der Waals surface area contributed by atoms with Crippen LogP contribution < -0.4 is 10.6 Å². The summed E-state index contributed by atoms with van der Waals surface area (Å²) in [6.45, 7) is 6.82. The van der Waals surface area contributed by atoms with Gasteiger partial charge in [-0.05, 0) is 64.5 Å². The lowest BCUT2D eigenvalue weighted by atomic mass is 9.79. The zero-order valence-electron chi connectivity index (χ0n) is 25.2. The van der Waals surface area contributed by atoms with Gasteiger partial charge in [0, 0.05) is 49.9 Å². The van der Waals surface area contributed by atoms with Crippen LogP contribution in [0.15, 0.2) is 30.7 Å². The van der Waals surface area contributed by atoms with Gasteiger partial charge < -0.3 is 15.7 Å². The lowest BCUT2D eigenvalue weighted by Crippen LogP contribution is -2.44. The van der Waals surface area contributed by atoms with Crippen LogP contribution in [0.3, 0.4) is 0 Å². The van der Waals surface area contributed by atoms with Crippen LogP contribution in [0.2, 0.25) is 0 Å². The van der Waals surface area contributed by atoms with Crippen LogP contribution in [0.25, 0.3) is 5.65 Å². The predicted molar refractivity (Wildman–Crippen MR) is 152 cm³/mol. The van der Waals surface area contributed by atoms with Gasteiger partial charge in [-0.1, -0.05) is 0 Å². The highest BCUT2D eigenvalue weighted by atomic mass is 19.3. The molecule has 2 atom stereocenters. The van der Waals surface area contributed by atoms with E-state index in [9.17, 15) is 32.3 Å². The molecule has 2 saturated carbocycles. The van der Waals surface area contributed by atoms with Crippen molar-refractivity contribution in [3.63, 3.8) is 0 Å². The molecule has 2 fully saturated rings. The van der Waals surface area contributed by atoms with Crippen molar-refractivity contribution in [3.05, 3.63) is 47.7 Å². The Bertz CT molecular complexity index is 1500. The van der Waals surface area contributed by atoms with Crippen molar-refractivity contribution in [3.8, 4) is 0 Å². The summed E-state index contributed by atoms with van der Waals surface area (Å²) in [4.78, 5) is 30.8. The molecule has 44 heavy (non-hydrogen) atoms. The molecule has 3 aromatic heterocycles. The Balaban J connectivity index is 1.41. The molecule has 0 spiro atoms. The van der Waals surface area contributed by atoms with Crippen molar-refractivity contribution in [1.82, 2.24) is 35.0 Å². The van der Waals surface area contributed by atoms with Gasteiger partial charge in [-0.25, -0.2) is 27.1 Å². The highest BCUT2D eigenvalue weighted by molar-refractivity contribution is 5.92. The Kier molecular flexibility index (Phi) is 8.51. The highest BCUT2D eigenvalue weighted by Crippen LogP contribution is 2.44. The van der Waals surface area contributed by atoms with E-state index in [2.05, 4.69) is 20.8 Å². The molecule has 5 rings (SSSR count). The van der Waals surface area contributed by atoms with Gasteiger partial charge in [-0.15, -0.1) is 0 Å². The maximum Gasteiger partial charge on any atom is 0.270 e. The molecule has 0 unspecified atom stereocenters. The fourth-order valence-electron chi connectivity index (χ4n) is 6.25. The van der Waals surface area contributed by atoms with Crippen LogP contribution in [-0.2, 0) is 4.79 Å². The molecular formula is C30H39F4N7O3. The second kappa shape index (κ2) is 11.8. The van der Waals surface area contributed by atoms with Crippen molar-refractivity contribution < 1.29 is 32.3 Å². The number of nitrogens with one attached hydrogen (secondary N) is 2. The van der Waals surface area contributed by atoms with Crippen molar-refractivity contribution in [2.45, 2.75) is 108 Å². The number of halogens is 4. The van der Waals surface area contributed by atoms with Crippen LogP contribution in [0.5, 0.6) is 0 Å². The summed E-state index contributed by atoms with van der Waals surface area (Å²) < 4.78 is 57.7. The van der Waals surface area contributed by atoms with Crippen molar-refractivity contribution in [2.75, 3.05) is 0 Å². The van der Waals surface area contributed by atoms with Gasteiger partial charge in [0.05, 0.1) is 35.8 Å². The second-order valence-corrected chi connectivity index (χ2v) is 13.1. The van der Waals surface area contributed by atoms with Gasteiger partial charge in [0.15, 0.2) is 5.65 Å². The fraction of sp³-hybridized carbons (Fsp3) is 0.633. The van der Waals surface area contributed by atoms with Gasteiger partial charge in [-0.3, -0.25) is 14.3 Å². The first kappa shape index (κ1) is 31.9. The first-order chi connectivity index (χ1) is 20.5. The molecule has 3 N–H and O–H groups in total. The summed E-state index contributed by atoms with van der Waals surface area (Å²) >= 11 is 0. The van der Waals surface area contributed by atoms with Crippen molar-refractivity contribution >= 4 is 17.5 Å². The molecule has 3 aromatic rings. The van der Waals surface area contributed by atoms with Crippen LogP contribution in [-0.4, -0.2) is 58.7 Å². The molecule has 2 amide bonds. The number of hydrogen-bond acceptors (Lipinski definition) is 6. The molecule has 0 bridgehead atoms. The zero-order valence-corrected chi connectivity index (χ0v) is 25.2. The number of imidazole rings is 1. The first-order valence-electron chi connectivity index (χ1n) is 15.0. The molecule has 0 aliphatic heterocycles. The Morgan fingerprint density at radius 3 is 2.39 bits per heavy atom.